The van der Waals surface area contributed by atoms with Crippen LogP contribution in [0.4, 0.5) is 0 Å². The van der Waals surface area contributed by atoms with Crippen molar-refractivity contribution in [2.24, 2.45) is 11.5 Å². The van der Waals surface area contributed by atoms with Gasteiger partial charge in [0.25, 0.3) is 0 Å². The minimum atomic E-state index is -0.986. The van der Waals surface area contributed by atoms with Crippen molar-refractivity contribution in [3.63, 3.8) is 0 Å². The van der Waals surface area contributed by atoms with Gasteiger partial charge in [0.2, 0.25) is 0 Å². The van der Waals surface area contributed by atoms with E-state index in [9.17, 15) is 0 Å². The van der Waals surface area contributed by atoms with Crippen molar-refractivity contribution in [2.45, 2.75) is 11.8 Å². The highest BCUT2D eigenvalue weighted by Gasteiger charge is 2.46. The molecule has 6 nitrogen and oxygen atoms in total. The molecule has 1 aliphatic rings. The van der Waals surface area contributed by atoms with Gasteiger partial charge in [-0.3, -0.25) is 10.7 Å². The van der Waals surface area contributed by atoms with Crippen molar-refractivity contribution in [3.05, 3.63) is 47.8 Å². The molecule has 1 aromatic heterocycles. The number of benzene rings is 1. The number of ether oxygens (including phenoxy) is 3. The van der Waals surface area contributed by atoms with Gasteiger partial charge < -0.3 is 19.9 Å². The van der Waals surface area contributed by atoms with Crippen molar-refractivity contribution in [1.29, 1.82) is 0 Å². The zero-order valence-electron chi connectivity index (χ0n) is 11.9. The van der Waals surface area contributed by atoms with Gasteiger partial charge in [-0.05, 0) is 23.8 Å². The summed E-state index contributed by atoms with van der Waals surface area (Å²) in [6, 6.07) is 7.26. The molecule has 2 heterocycles. The number of nitrogens with zero attached hydrogens (tertiary/aromatic N) is 1. The molecule has 6 heteroatoms. The minimum absolute atomic E-state index is 0.592. The van der Waals surface area contributed by atoms with Crippen LogP contribution in [-0.2, 0) is 5.54 Å². The van der Waals surface area contributed by atoms with E-state index in [4.69, 9.17) is 25.7 Å². The Morgan fingerprint density at radius 2 is 1.86 bits per heavy atom. The summed E-state index contributed by atoms with van der Waals surface area (Å²) in [5.74, 6) is 1.88. The molecule has 110 valence electrons. The molecule has 0 amide bonds. The zero-order valence-corrected chi connectivity index (χ0v) is 11.9. The summed E-state index contributed by atoms with van der Waals surface area (Å²) in [5, 5.41) is 0. The summed E-state index contributed by atoms with van der Waals surface area (Å²) in [6.07, 6.45) is 2.56. The monoisotopic (exact) mass is 287 g/mol. The Morgan fingerprint density at radius 1 is 1.19 bits per heavy atom. The van der Waals surface area contributed by atoms with Crippen LogP contribution in [0.25, 0.3) is 0 Å². The SMILES string of the molecule is COc1cc(OC)cc(C2(N)c3ccncc3OC2N)c1. The van der Waals surface area contributed by atoms with Gasteiger partial charge in [0.1, 0.15) is 22.8 Å². The average Bonchev–Trinajstić information content (AvgIpc) is 2.79. The molecule has 0 radical (unpaired) electrons. The summed E-state index contributed by atoms with van der Waals surface area (Å²) in [5.41, 5.74) is 13.3. The van der Waals surface area contributed by atoms with Crippen LogP contribution in [0.1, 0.15) is 11.1 Å². The van der Waals surface area contributed by atoms with Crippen LogP contribution >= 0.6 is 0 Å². The molecule has 2 atom stereocenters. The number of methoxy groups -OCH3 is 2. The maximum absolute atomic E-state index is 6.59. The van der Waals surface area contributed by atoms with E-state index in [-0.39, 0.29) is 0 Å². The summed E-state index contributed by atoms with van der Waals surface area (Å²) in [6.45, 7) is 0. The lowest BCUT2D eigenvalue weighted by Gasteiger charge is -2.28. The van der Waals surface area contributed by atoms with Crippen molar-refractivity contribution in [1.82, 2.24) is 4.98 Å². The lowest BCUT2D eigenvalue weighted by Crippen LogP contribution is -2.52. The molecule has 0 fully saturated rings. The second-order valence-electron chi connectivity index (χ2n) is 4.88. The first-order chi connectivity index (χ1) is 10.1. The van der Waals surface area contributed by atoms with Crippen LogP contribution in [0.2, 0.25) is 0 Å². The number of hydrogen-bond acceptors (Lipinski definition) is 6. The first kappa shape index (κ1) is 13.7. The summed E-state index contributed by atoms with van der Waals surface area (Å²) in [7, 11) is 3.18. The Hall–Kier alpha value is -2.31. The number of aromatic nitrogens is 1. The van der Waals surface area contributed by atoms with Gasteiger partial charge in [0.05, 0.1) is 20.4 Å². The fourth-order valence-corrected chi connectivity index (χ4v) is 2.56. The van der Waals surface area contributed by atoms with Crippen LogP contribution in [0.15, 0.2) is 36.7 Å². The lowest BCUT2D eigenvalue weighted by atomic mass is 9.84. The minimum Gasteiger partial charge on any atom is -0.497 e. The molecule has 1 aromatic carbocycles. The Balaban J connectivity index is 2.19. The molecule has 21 heavy (non-hydrogen) atoms. The summed E-state index contributed by atoms with van der Waals surface area (Å²) >= 11 is 0. The Labute approximate surface area is 122 Å². The zero-order chi connectivity index (χ0) is 15.0. The van der Waals surface area contributed by atoms with Crippen LogP contribution < -0.4 is 25.7 Å². The van der Waals surface area contributed by atoms with Gasteiger partial charge in [-0.15, -0.1) is 0 Å². The van der Waals surface area contributed by atoms with Crippen molar-refractivity contribution >= 4 is 0 Å². The smallest absolute Gasteiger partial charge is 0.174 e. The van der Waals surface area contributed by atoms with E-state index >= 15 is 0 Å². The molecule has 3 rings (SSSR count). The maximum atomic E-state index is 6.59. The summed E-state index contributed by atoms with van der Waals surface area (Å²) < 4.78 is 16.2. The molecule has 2 unspecified atom stereocenters. The van der Waals surface area contributed by atoms with Crippen LogP contribution in [-0.4, -0.2) is 25.4 Å². The topological polar surface area (TPSA) is 92.6 Å². The van der Waals surface area contributed by atoms with Gasteiger partial charge in [0.15, 0.2) is 6.23 Å². The maximum Gasteiger partial charge on any atom is 0.174 e. The molecular weight excluding hydrogens is 270 g/mol. The largest absolute Gasteiger partial charge is 0.497 e. The quantitative estimate of drug-likeness (QED) is 0.874. The normalized spacial score (nSPS) is 23.3. The number of rotatable bonds is 3. The predicted octanol–water partition coefficient (Wildman–Crippen LogP) is 0.978. The molecule has 4 N–H and O–H groups in total. The Morgan fingerprint density at radius 3 is 2.48 bits per heavy atom. The van der Waals surface area contributed by atoms with Gasteiger partial charge in [0, 0.05) is 17.8 Å². The molecule has 0 saturated carbocycles. The van der Waals surface area contributed by atoms with Crippen LogP contribution in [0.5, 0.6) is 17.2 Å². The van der Waals surface area contributed by atoms with E-state index in [0.717, 1.165) is 11.1 Å². The standard InChI is InChI=1S/C15H17N3O3/c1-19-10-5-9(6-11(7-10)20-2)15(17)12-3-4-18-8-13(12)21-14(15)16/h3-8,14H,16-17H2,1-2H3. The Bertz CT molecular complexity index is 655. The van der Waals surface area contributed by atoms with E-state index in [2.05, 4.69) is 4.98 Å². The predicted molar refractivity (Wildman–Crippen MR) is 77.4 cm³/mol. The van der Waals surface area contributed by atoms with E-state index < -0.39 is 11.8 Å². The number of nitrogens with two attached hydrogens (primary N) is 2. The lowest BCUT2D eigenvalue weighted by molar-refractivity contribution is 0.177. The molecule has 0 saturated heterocycles. The third-order valence-electron chi connectivity index (χ3n) is 3.76. The van der Waals surface area contributed by atoms with Gasteiger partial charge in [-0.25, -0.2) is 0 Å². The third-order valence-corrected chi connectivity index (χ3v) is 3.76. The van der Waals surface area contributed by atoms with E-state index in [1.807, 2.05) is 18.2 Å². The second-order valence-corrected chi connectivity index (χ2v) is 4.88. The van der Waals surface area contributed by atoms with Gasteiger partial charge in [-0.2, -0.15) is 0 Å². The van der Waals surface area contributed by atoms with Crippen molar-refractivity contribution < 1.29 is 14.2 Å². The van der Waals surface area contributed by atoms with Gasteiger partial charge in [-0.1, -0.05) is 0 Å². The van der Waals surface area contributed by atoms with Gasteiger partial charge >= 0.3 is 0 Å². The average molecular weight is 287 g/mol. The summed E-state index contributed by atoms with van der Waals surface area (Å²) in [4.78, 5) is 4.03. The van der Waals surface area contributed by atoms with Crippen molar-refractivity contribution in [2.75, 3.05) is 14.2 Å². The van der Waals surface area contributed by atoms with E-state index in [0.29, 0.717) is 17.2 Å². The first-order valence-corrected chi connectivity index (χ1v) is 6.48. The number of fused-ring (bicyclic) bond motifs is 1. The van der Waals surface area contributed by atoms with Crippen molar-refractivity contribution in [3.8, 4) is 17.2 Å². The third kappa shape index (κ3) is 2.00. The van der Waals surface area contributed by atoms with E-state index in [1.54, 1.807) is 32.7 Å². The van der Waals surface area contributed by atoms with Crippen LogP contribution in [0.3, 0.4) is 0 Å². The highest BCUT2D eigenvalue weighted by molar-refractivity contribution is 5.53. The molecule has 0 bridgehead atoms. The fourth-order valence-electron chi connectivity index (χ4n) is 2.56. The first-order valence-electron chi connectivity index (χ1n) is 6.48. The van der Waals surface area contributed by atoms with E-state index in [1.165, 1.54) is 0 Å². The second kappa shape index (κ2) is 4.91. The molecule has 0 spiro atoms. The number of pyridine rings is 1. The Kier molecular flexibility index (Phi) is 3.19. The molecule has 1 aliphatic heterocycles. The molecule has 0 aliphatic carbocycles. The molecular formula is C15H17N3O3. The fraction of sp³-hybridized carbons (Fsp3) is 0.267. The van der Waals surface area contributed by atoms with Crippen LogP contribution in [0, 0.1) is 0 Å². The number of hydrogen-bond donors (Lipinski definition) is 2. The highest BCUT2D eigenvalue weighted by atomic mass is 16.5. The molecule has 2 aromatic rings. The highest BCUT2D eigenvalue weighted by Crippen LogP contribution is 2.43.